The van der Waals surface area contributed by atoms with Gasteiger partial charge in [0.15, 0.2) is 0 Å². The van der Waals surface area contributed by atoms with Crippen LogP contribution in [0, 0.1) is 13.8 Å². The monoisotopic (exact) mass is 306 g/mol. The van der Waals surface area contributed by atoms with Gasteiger partial charge in [0.1, 0.15) is 4.99 Å². The molecule has 1 amide bonds. The van der Waals surface area contributed by atoms with Gasteiger partial charge < -0.3 is 15.5 Å². The van der Waals surface area contributed by atoms with Gasteiger partial charge in [-0.2, -0.15) is 0 Å². The molecule has 2 heterocycles. The van der Waals surface area contributed by atoms with Gasteiger partial charge in [0.2, 0.25) is 5.91 Å². The van der Waals surface area contributed by atoms with Gasteiger partial charge in [0.05, 0.1) is 17.8 Å². The van der Waals surface area contributed by atoms with Crippen molar-refractivity contribution in [3.8, 4) is 0 Å². The number of thiocarbonyl (C=S) groups is 1. The van der Waals surface area contributed by atoms with Crippen LogP contribution in [-0.2, 0) is 4.79 Å². The highest BCUT2D eigenvalue weighted by Gasteiger charge is 2.21. The van der Waals surface area contributed by atoms with Crippen LogP contribution in [0.25, 0.3) is 0 Å². The largest absolute Gasteiger partial charge is 0.389 e. The Morgan fingerprint density at radius 3 is 2.62 bits per heavy atom. The summed E-state index contributed by atoms with van der Waals surface area (Å²) >= 11 is 5.14. The quantitative estimate of drug-likeness (QED) is 0.852. The zero-order chi connectivity index (χ0) is 15.6. The molecule has 0 aromatic carbocycles. The first-order valence-electron chi connectivity index (χ1n) is 7.17. The minimum atomic E-state index is 0.149. The summed E-state index contributed by atoms with van der Waals surface area (Å²) in [5, 5.41) is 0. The van der Waals surface area contributed by atoms with Crippen LogP contribution in [0.15, 0.2) is 6.07 Å². The van der Waals surface area contributed by atoms with Crippen molar-refractivity contribution in [2.75, 3.05) is 31.6 Å². The van der Waals surface area contributed by atoms with Crippen molar-refractivity contribution in [3.05, 3.63) is 23.0 Å². The highest BCUT2D eigenvalue weighted by atomic mass is 32.1. The Morgan fingerprint density at radius 2 is 2.05 bits per heavy atom. The predicted octanol–water partition coefficient (Wildman–Crippen LogP) is 1.39. The summed E-state index contributed by atoms with van der Waals surface area (Å²) in [7, 11) is 1.89. The Morgan fingerprint density at radius 1 is 1.43 bits per heavy atom. The molecule has 0 unspecified atom stereocenters. The molecular weight excluding hydrogens is 284 g/mol. The predicted molar refractivity (Wildman–Crippen MR) is 88.7 cm³/mol. The number of nitrogens with two attached hydrogens (primary N) is 1. The summed E-state index contributed by atoms with van der Waals surface area (Å²) in [6, 6.07) is 1.93. The molecule has 0 radical (unpaired) electrons. The van der Waals surface area contributed by atoms with E-state index in [0.717, 1.165) is 48.6 Å². The standard InChI is InChI=1S/C15H22N4OS/c1-10-8-12(14(15(16)21)11(2)17-10)18(3)9-13(20)19-6-4-5-7-19/h8H,4-7,9H2,1-3H3,(H2,16,21). The lowest BCUT2D eigenvalue weighted by molar-refractivity contribution is -0.128. The highest BCUT2D eigenvalue weighted by Crippen LogP contribution is 2.23. The van der Waals surface area contributed by atoms with E-state index in [1.54, 1.807) is 0 Å². The molecule has 1 aliphatic rings. The van der Waals surface area contributed by atoms with E-state index in [0.29, 0.717) is 11.5 Å². The third kappa shape index (κ3) is 3.50. The maximum absolute atomic E-state index is 12.3. The van der Waals surface area contributed by atoms with E-state index in [9.17, 15) is 4.79 Å². The van der Waals surface area contributed by atoms with Gasteiger partial charge in [-0.05, 0) is 32.8 Å². The van der Waals surface area contributed by atoms with E-state index in [1.165, 1.54) is 0 Å². The number of likely N-dealkylation sites (tertiary alicyclic amines) is 1. The van der Waals surface area contributed by atoms with E-state index >= 15 is 0 Å². The number of aryl methyl sites for hydroxylation is 2. The van der Waals surface area contributed by atoms with Crippen molar-refractivity contribution >= 4 is 28.8 Å². The first-order chi connectivity index (χ1) is 9.90. The summed E-state index contributed by atoms with van der Waals surface area (Å²) in [5.41, 5.74) is 9.15. The number of amides is 1. The summed E-state index contributed by atoms with van der Waals surface area (Å²) in [5.74, 6) is 0.149. The molecule has 1 aromatic rings. The minimum Gasteiger partial charge on any atom is -0.389 e. The fraction of sp³-hybridized carbons (Fsp3) is 0.533. The lowest BCUT2D eigenvalue weighted by Crippen LogP contribution is -2.38. The van der Waals surface area contributed by atoms with Crippen molar-refractivity contribution in [1.29, 1.82) is 0 Å². The Balaban J connectivity index is 2.23. The van der Waals surface area contributed by atoms with Gasteiger partial charge in [-0.1, -0.05) is 12.2 Å². The number of likely N-dealkylation sites (N-methyl/N-ethyl adjacent to an activating group) is 1. The average Bonchev–Trinajstić information content (AvgIpc) is 2.90. The Labute approximate surface area is 131 Å². The minimum absolute atomic E-state index is 0.149. The molecule has 1 fully saturated rings. The molecule has 1 aliphatic heterocycles. The second-order valence-corrected chi connectivity index (χ2v) is 5.99. The number of rotatable bonds is 4. The number of carbonyl (C=O) groups excluding carboxylic acids is 1. The zero-order valence-corrected chi connectivity index (χ0v) is 13.7. The number of anilines is 1. The van der Waals surface area contributed by atoms with Crippen LogP contribution in [0.5, 0.6) is 0 Å². The van der Waals surface area contributed by atoms with E-state index in [1.807, 2.05) is 36.8 Å². The van der Waals surface area contributed by atoms with Gasteiger partial charge >= 0.3 is 0 Å². The molecule has 0 spiro atoms. The lowest BCUT2D eigenvalue weighted by atomic mass is 10.1. The average molecular weight is 306 g/mol. The highest BCUT2D eigenvalue weighted by molar-refractivity contribution is 7.80. The third-order valence-corrected chi connectivity index (χ3v) is 4.00. The Hall–Kier alpha value is -1.69. The van der Waals surface area contributed by atoms with Crippen molar-refractivity contribution in [2.45, 2.75) is 26.7 Å². The van der Waals surface area contributed by atoms with E-state index in [-0.39, 0.29) is 5.91 Å². The second-order valence-electron chi connectivity index (χ2n) is 5.55. The van der Waals surface area contributed by atoms with Crippen molar-refractivity contribution in [1.82, 2.24) is 9.88 Å². The summed E-state index contributed by atoms with van der Waals surface area (Å²) in [6.07, 6.45) is 2.20. The zero-order valence-electron chi connectivity index (χ0n) is 12.8. The van der Waals surface area contributed by atoms with Crippen LogP contribution in [0.2, 0.25) is 0 Å². The SMILES string of the molecule is Cc1cc(N(C)CC(=O)N2CCCC2)c(C(N)=S)c(C)n1. The fourth-order valence-corrected chi connectivity index (χ4v) is 3.02. The van der Waals surface area contributed by atoms with Crippen LogP contribution in [0.1, 0.15) is 29.8 Å². The number of aromatic nitrogens is 1. The van der Waals surface area contributed by atoms with Gasteiger partial charge in [-0.15, -0.1) is 0 Å². The molecule has 114 valence electrons. The molecule has 1 aromatic heterocycles. The summed E-state index contributed by atoms with van der Waals surface area (Å²) < 4.78 is 0. The molecule has 2 N–H and O–H groups in total. The topological polar surface area (TPSA) is 62.5 Å². The van der Waals surface area contributed by atoms with E-state index < -0.39 is 0 Å². The normalized spacial score (nSPS) is 14.3. The van der Waals surface area contributed by atoms with Gasteiger partial charge in [-0.3, -0.25) is 9.78 Å². The number of hydrogen-bond acceptors (Lipinski definition) is 4. The van der Waals surface area contributed by atoms with Crippen LogP contribution in [0.4, 0.5) is 5.69 Å². The molecule has 6 heteroatoms. The number of carbonyl (C=O) groups is 1. The molecule has 0 saturated carbocycles. The molecule has 2 rings (SSSR count). The first-order valence-corrected chi connectivity index (χ1v) is 7.58. The van der Waals surface area contributed by atoms with Crippen molar-refractivity contribution in [2.24, 2.45) is 5.73 Å². The molecule has 1 saturated heterocycles. The number of pyridine rings is 1. The van der Waals surface area contributed by atoms with E-state index in [4.69, 9.17) is 18.0 Å². The van der Waals surface area contributed by atoms with Crippen LogP contribution in [-0.4, -0.2) is 47.5 Å². The Kier molecular flexibility index (Phi) is 4.77. The van der Waals surface area contributed by atoms with Crippen LogP contribution in [0.3, 0.4) is 0 Å². The van der Waals surface area contributed by atoms with Gasteiger partial charge in [0, 0.05) is 31.5 Å². The molecule has 0 aliphatic carbocycles. The van der Waals surface area contributed by atoms with Crippen molar-refractivity contribution < 1.29 is 4.79 Å². The second kappa shape index (κ2) is 6.39. The van der Waals surface area contributed by atoms with Gasteiger partial charge in [0.25, 0.3) is 0 Å². The van der Waals surface area contributed by atoms with Crippen LogP contribution < -0.4 is 10.6 Å². The molecule has 5 nitrogen and oxygen atoms in total. The first kappa shape index (κ1) is 15.7. The lowest BCUT2D eigenvalue weighted by Gasteiger charge is -2.25. The smallest absolute Gasteiger partial charge is 0.242 e. The summed E-state index contributed by atoms with van der Waals surface area (Å²) in [6.45, 7) is 5.88. The summed E-state index contributed by atoms with van der Waals surface area (Å²) in [4.78, 5) is 20.8. The maximum Gasteiger partial charge on any atom is 0.242 e. The van der Waals surface area contributed by atoms with E-state index in [2.05, 4.69) is 4.98 Å². The number of hydrogen-bond donors (Lipinski definition) is 1. The molecule has 0 bridgehead atoms. The third-order valence-electron chi connectivity index (χ3n) is 3.80. The molecule has 0 atom stereocenters. The molecular formula is C15H22N4OS. The Bertz CT molecular complexity index is 567. The van der Waals surface area contributed by atoms with Crippen molar-refractivity contribution in [3.63, 3.8) is 0 Å². The fourth-order valence-electron chi connectivity index (χ4n) is 2.77. The van der Waals surface area contributed by atoms with Gasteiger partial charge in [-0.25, -0.2) is 0 Å². The number of nitrogens with zero attached hydrogens (tertiary/aromatic N) is 3. The maximum atomic E-state index is 12.3. The van der Waals surface area contributed by atoms with Crippen LogP contribution >= 0.6 is 12.2 Å². The molecule has 21 heavy (non-hydrogen) atoms.